The third kappa shape index (κ3) is 10.6. The number of amides is 3. The topological polar surface area (TPSA) is 196 Å². The number of alkyl carbamates (subject to hydrolysis) is 2. The molecule has 3 aromatic heterocycles. The number of nitrogens with zero attached hydrogens (tertiary/aromatic N) is 4. The summed E-state index contributed by atoms with van der Waals surface area (Å²) in [6.45, 7) is 2.93. The second-order valence-electron chi connectivity index (χ2n) is 13.9. The van der Waals surface area contributed by atoms with Crippen LogP contribution in [0.3, 0.4) is 0 Å². The minimum Gasteiger partial charge on any atom is -0.453 e. The molecular weight excluding hydrogens is 751 g/mol. The van der Waals surface area contributed by atoms with Crippen molar-refractivity contribution >= 4 is 24.4 Å². The number of aromatic nitrogens is 5. The smallest absolute Gasteiger partial charge is 0.407 e. The molecule has 3 aromatic carbocycles. The highest BCUT2D eigenvalue weighted by atomic mass is 16.5. The Hall–Kier alpha value is -7.13. The molecule has 15 nitrogen and oxygen atoms in total. The van der Waals surface area contributed by atoms with Gasteiger partial charge in [-0.25, -0.2) is 19.6 Å². The maximum atomic E-state index is 13.2. The number of carbonyl (C=O) groups excluding carboxylic acids is 4. The Morgan fingerprint density at radius 3 is 1.95 bits per heavy atom. The summed E-state index contributed by atoms with van der Waals surface area (Å²) in [6.07, 6.45) is 7.16. The number of H-pyrrole nitrogens is 2. The molecule has 3 amide bonds. The molecule has 7 rings (SSSR count). The molecule has 15 heteroatoms. The minimum atomic E-state index is -0.915. The number of benzene rings is 3. The molecule has 0 unspecified atom stereocenters. The monoisotopic (exact) mass is 797 g/mol. The van der Waals surface area contributed by atoms with Gasteiger partial charge in [-0.2, -0.15) is 0 Å². The zero-order valence-electron chi connectivity index (χ0n) is 33.2. The maximum absolute atomic E-state index is 13.2. The first-order chi connectivity index (χ1) is 28.7. The number of likely N-dealkylation sites (tertiary alicyclic amines) is 1. The van der Waals surface area contributed by atoms with Gasteiger partial charge in [0.1, 0.15) is 30.0 Å². The number of pyridine rings is 1. The molecule has 4 atom stereocenters. The highest BCUT2D eigenvalue weighted by Gasteiger charge is 2.26. The molecule has 1 fully saturated rings. The van der Waals surface area contributed by atoms with Crippen molar-refractivity contribution in [2.24, 2.45) is 0 Å². The van der Waals surface area contributed by atoms with Gasteiger partial charge in [-0.1, -0.05) is 84.9 Å². The van der Waals surface area contributed by atoms with Crippen LogP contribution in [-0.2, 0) is 19.1 Å². The number of aldehydes is 1. The van der Waals surface area contributed by atoms with Gasteiger partial charge in [0.25, 0.3) is 0 Å². The molecule has 0 bridgehead atoms. The van der Waals surface area contributed by atoms with Crippen LogP contribution in [0.5, 0.6) is 0 Å². The van der Waals surface area contributed by atoms with Crippen molar-refractivity contribution in [3.8, 4) is 33.8 Å². The van der Waals surface area contributed by atoms with E-state index in [0.717, 1.165) is 58.1 Å². The van der Waals surface area contributed by atoms with Crippen molar-refractivity contribution in [1.29, 1.82) is 0 Å². The van der Waals surface area contributed by atoms with Crippen LogP contribution in [0.4, 0.5) is 9.59 Å². The van der Waals surface area contributed by atoms with E-state index in [1.54, 1.807) is 54.7 Å². The summed E-state index contributed by atoms with van der Waals surface area (Å²) >= 11 is 0. The number of hydrogen-bond acceptors (Lipinski definition) is 10. The Balaban J connectivity index is 0.000000355. The van der Waals surface area contributed by atoms with Crippen molar-refractivity contribution in [3.63, 3.8) is 0 Å². The highest BCUT2D eigenvalue weighted by Crippen LogP contribution is 2.31. The summed E-state index contributed by atoms with van der Waals surface area (Å²) in [5, 5.41) is 7.94. The van der Waals surface area contributed by atoms with Crippen molar-refractivity contribution in [3.05, 3.63) is 138 Å². The average Bonchev–Trinajstić information content (AvgIpc) is 4.07. The predicted molar refractivity (Wildman–Crippen MR) is 222 cm³/mol. The maximum Gasteiger partial charge on any atom is 0.407 e. The first-order valence-corrected chi connectivity index (χ1v) is 19.1. The van der Waals surface area contributed by atoms with Crippen LogP contribution in [0.1, 0.15) is 66.7 Å². The molecule has 6 aromatic rings. The molecule has 1 aliphatic rings. The molecule has 1 aliphatic heterocycles. The summed E-state index contributed by atoms with van der Waals surface area (Å²) in [6, 6.07) is 28.4. The largest absolute Gasteiger partial charge is 0.453 e. The summed E-state index contributed by atoms with van der Waals surface area (Å²) in [5.74, 6) is 1.22. The highest BCUT2D eigenvalue weighted by molar-refractivity contribution is 5.87. The Morgan fingerprint density at radius 2 is 1.34 bits per heavy atom. The van der Waals surface area contributed by atoms with Crippen LogP contribution < -0.4 is 16.0 Å². The Bertz CT molecular complexity index is 2300. The lowest BCUT2D eigenvalue weighted by Crippen LogP contribution is -2.41. The van der Waals surface area contributed by atoms with Gasteiger partial charge in [-0.15, -0.1) is 0 Å². The quantitative estimate of drug-likeness (QED) is 0.0817. The third-order valence-electron chi connectivity index (χ3n) is 9.96. The van der Waals surface area contributed by atoms with Crippen molar-refractivity contribution in [1.82, 2.24) is 45.8 Å². The lowest BCUT2D eigenvalue weighted by Gasteiger charge is -2.20. The molecule has 0 spiro atoms. The second-order valence-corrected chi connectivity index (χ2v) is 13.9. The molecular formula is C44H47N9O6. The number of rotatable bonds is 12. The summed E-state index contributed by atoms with van der Waals surface area (Å²) < 4.78 is 9.11. The van der Waals surface area contributed by atoms with Gasteiger partial charge in [-0.3, -0.25) is 14.7 Å². The fourth-order valence-electron chi connectivity index (χ4n) is 6.69. The molecule has 1 saturated heterocycles. The molecule has 0 radical (unpaired) electrons. The minimum absolute atomic E-state index is 0.347. The van der Waals surface area contributed by atoms with Crippen LogP contribution in [-0.4, -0.2) is 82.0 Å². The third-order valence-corrected chi connectivity index (χ3v) is 9.96. The van der Waals surface area contributed by atoms with Crippen molar-refractivity contribution in [2.45, 2.75) is 43.9 Å². The first-order valence-electron chi connectivity index (χ1n) is 19.1. The Morgan fingerprint density at radius 1 is 0.729 bits per heavy atom. The van der Waals surface area contributed by atoms with E-state index in [-0.39, 0.29) is 5.91 Å². The molecule has 5 N–H and O–H groups in total. The second kappa shape index (κ2) is 19.8. The fourth-order valence-corrected chi connectivity index (χ4v) is 6.69. The van der Waals surface area contributed by atoms with E-state index in [0.29, 0.717) is 23.7 Å². The van der Waals surface area contributed by atoms with E-state index in [9.17, 15) is 19.2 Å². The van der Waals surface area contributed by atoms with Crippen LogP contribution in [0.25, 0.3) is 33.8 Å². The lowest BCUT2D eigenvalue weighted by molar-refractivity contribution is -0.124. The molecule has 4 heterocycles. The van der Waals surface area contributed by atoms with Gasteiger partial charge in [0.15, 0.2) is 0 Å². The van der Waals surface area contributed by atoms with E-state index in [4.69, 9.17) is 9.72 Å². The van der Waals surface area contributed by atoms with Crippen molar-refractivity contribution < 1.29 is 28.7 Å². The standard InChI is InChI=1S/C34H36N8O3.C10H11NO3/c1-21(38-33(43)30(41-34(44)45-3)24-8-5-4-6-9-24)31-36-19-27(39-31)23-13-11-22(12-14-23)26-16-15-25(18-35-26)28-20-37-32(40-28)29-10-7-17-42(29)2;1-14-10(13)11-9(7-12)8-5-3-2-4-6-8/h4-6,8-9,11-16,18-21,29-30H,7,10,17H2,1-3H3,(H,36,39)(H,37,40)(H,38,43)(H,41,44);2-7,9H,1H3,(H,11,13)/t21-,29-,30+;9-/m00/s1. The number of aromatic amines is 2. The summed E-state index contributed by atoms with van der Waals surface area (Å²) in [5.41, 5.74) is 6.96. The van der Waals surface area contributed by atoms with E-state index in [1.807, 2.05) is 61.8 Å². The van der Waals surface area contributed by atoms with Gasteiger partial charge < -0.3 is 40.2 Å². The zero-order chi connectivity index (χ0) is 41.7. The molecule has 0 aliphatic carbocycles. The Kier molecular flexibility index (Phi) is 14.0. The van der Waals surface area contributed by atoms with E-state index in [1.165, 1.54) is 20.6 Å². The fraction of sp³-hybridized carbons (Fsp3) is 0.250. The number of methoxy groups -OCH3 is 2. The normalized spacial score (nSPS) is 15.1. The lowest BCUT2D eigenvalue weighted by atomic mass is 10.1. The SMILES string of the molecule is COC(=O)N[C@@H](C(=O)N[C@@H](C)c1ncc(-c2ccc(-c3ccc(-c4cnc([C@@H]5CCCN5C)[nH]4)cn3)cc2)[nH]1)c1ccccc1.COC(=O)N[C@@H](C=O)c1ccccc1. The number of hydrogen-bond donors (Lipinski definition) is 5. The van der Waals surface area contributed by atoms with Gasteiger partial charge in [0.05, 0.1) is 55.8 Å². The van der Waals surface area contributed by atoms with Gasteiger partial charge in [0, 0.05) is 17.3 Å². The van der Waals surface area contributed by atoms with E-state index < -0.39 is 30.3 Å². The van der Waals surface area contributed by atoms with Gasteiger partial charge >= 0.3 is 12.2 Å². The van der Waals surface area contributed by atoms with Gasteiger partial charge in [-0.05, 0) is 62.2 Å². The number of ether oxygens (including phenoxy) is 2. The van der Waals surface area contributed by atoms with Crippen LogP contribution in [0.2, 0.25) is 0 Å². The zero-order valence-corrected chi connectivity index (χ0v) is 33.2. The van der Waals surface area contributed by atoms with Crippen LogP contribution >= 0.6 is 0 Å². The number of nitrogens with one attached hydrogen (secondary N) is 5. The first kappa shape index (κ1) is 41.5. The average molecular weight is 798 g/mol. The molecule has 0 saturated carbocycles. The summed E-state index contributed by atoms with van der Waals surface area (Å²) in [7, 11) is 4.65. The predicted octanol–water partition coefficient (Wildman–Crippen LogP) is 6.85. The Labute approximate surface area is 342 Å². The van der Waals surface area contributed by atoms with Crippen molar-refractivity contribution in [2.75, 3.05) is 27.8 Å². The van der Waals surface area contributed by atoms with Crippen LogP contribution in [0.15, 0.2) is 116 Å². The summed E-state index contributed by atoms with van der Waals surface area (Å²) in [4.78, 5) is 69.6. The van der Waals surface area contributed by atoms with Gasteiger partial charge in [0.2, 0.25) is 5.91 Å². The van der Waals surface area contributed by atoms with Crippen LogP contribution in [0, 0.1) is 0 Å². The van der Waals surface area contributed by atoms with E-state index in [2.05, 4.69) is 58.6 Å². The number of imidazole rings is 2. The number of carbonyl (C=O) groups is 4. The van der Waals surface area contributed by atoms with E-state index >= 15 is 0 Å². The molecule has 304 valence electrons. The molecule has 59 heavy (non-hydrogen) atoms.